The van der Waals surface area contributed by atoms with Crippen molar-refractivity contribution in [1.29, 1.82) is 0 Å². The van der Waals surface area contributed by atoms with E-state index >= 15 is 0 Å². The SMILES string of the molecule is CCN(CC(C)C)C(=O)Nc1ccc(C(=O)O)c(OC)c1. The molecule has 0 heterocycles. The number of carbonyl (C=O) groups excluding carboxylic acids is 1. The zero-order valence-electron chi connectivity index (χ0n) is 12.8. The molecule has 1 aromatic rings. The van der Waals surface area contributed by atoms with Crippen molar-refractivity contribution in [3.05, 3.63) is 23.8 Å². The second-order valence-corrected chi connectivity index (χ2v) is 5.08. The molecule has 2 N–H and O–H groups in total. The minimum absolute atomic E-state index is 0.0602. The molecule has 1 aromatic carbocycles. The van der Waals surface area contributed by atoms with Crippen LogP contribution >= 0.6 is 0 Å². The normalized spacial score (nSPS) is 10.3. The fourth-order valence-electron chi connectivity index (χ4n) is 1.94. The number of hydrogen-bond donors (Lipinski definition) is 2. The smallest absolute Gasteiger partial charge is 0.339 e. The Morgan fingerprint density at radius 1 is 1.38 bits per heavy atom. The highest BCUT2D eigenvalue weighted by Crippen LogP contribution is 2.23. The van der Waals surface area contributed by atoms with E-state index in [0.29, 0.717) is 24.7 Å². The lowest BCUT2D eigenvalue weighted by molar-refractivity contribution is 0.0693. The van der Waals surface area contributed by atoms with Crippen LogP contribution in [0.3, 0.4) is 0 Å². The van der Waals surface area contributed by atoms with Gasteiger partial charge in [0.25, 0.3) is 0 Å². The summed E-state index contributed by atoms with van der Waals surface area (Å²) in [5.74, 6) is -0.480. The predicted molar refractivity (Wildman–Crippen MR) is 81.1 cm³/mol. The number of methoxy groups -OCH3 is 1. The lowest BCUT2D eigenvalue weighted by Crippen LogP contribution is -2.37. The Balaban J connectivity index is 2.87. The number of hydrogen-bond acceptors (Lipinski definition) is 3. The van der Waals surface area contributed by atoms with Crippen LogP contribution in [0.2, 0.25) is 0 Å². The molecule has 0 radical (unpaired) electrons. The molecule has 21 heavy (non-hydrogen) atoms. The predicted octanol–water partition coefficient (Wildman–Crippen LogP) is 2.90. The number of aromatic carboxylic acids is 1. The monoisotopic (exact) mass is 294 g/mol. The molecular weight excluding hydrogens is 272 g/mol. The number of nitrogens with one attached hydrogen (secondary N) is 1. The molecule has 0 spiro atoms. The van der Waals surface area contributed by atoms with E-state index in [1.807, 2.05) is 20.8 Å². The van der Waals surface area contributed by atoms with Gasteiger partial charge >= 0.3 is 12.0 Å². The molecule has 0 aliphatic heterocycles. The molecule has 2 amide bonds. The third-order valence-corrected chi connectivity index (χ3v) is 2.94. The van der Waals surface area contributed by atoms with Gasteiger partial charge in [-0.25, -0.2) is 9.59 Å². The molecule has 6 heteroatoms. The number of urea groups is 1. The number of carbonyl (C=O) groups is 2. The number of ether oxygens (including phenoxy) is 1. The lowest BCUT2D eigenvalue weighted by atomic mass is 10.2. The van der Waals surface area contributed by atoms with Crippen LogP contribution in [0.4, 0.5) is 10.5 Å². The highest BCUT2D eigenvalue weighted by Gasteiger charge is 2.15. The molecule has 0 aromatic heterocycles. The van der Waals surface area contributed by atoms with Crippen molar-refractivity contribution < 1.29 is 19.4 Å². The summed E-state index contributed by atoms with van der Waals surface area (Å²) >= 11 is 0. The molecule has 0 bridgehead atoms. The van der Waals surface area contributed by atoms with Crippen LogP contribution in [0, 0.1) is 5.92 Å². The number of amides is 2. The molecule has 0 saturated carbocycles. The highest BCUT2D eigenvalue weighted by molar-refractivity contribution is 5.94. The van der Waals surface area contributed by atoms with Gasteiger partial charge in [-0.15, -0.1) is 0 Å². The first kappa shape index (κ1) is 16.8. The fraction of sp³-hybridized carbons (Fsp3) is 0.467. The van der Waals surface area contributed by atoms with Crippen molar-refractivity contribution in [2.75, 3.05) is 25.5 Å². The summed E-state index contributed by atoms with van der Waals surface area (Å²) in [6.07, 6.45) is 0. The Kier molecular flexibility index (Phi) is 6.02. The maximum atomic E-state index is 12.2. The second kappa shape index (κ2) is 7.52. The summed E-state index contributed by atoms with van der Waals surface area (Å²) in [7, 11) is 1.39. The summed E-state index contributed by atoms with van der Waals surface area (Å²) in [6.45, 7) is 7.26. The third-order valence-electron chi connectivity index (χ3n) is 2.94. The van der Waals surface area contributed by atoms with Crippen LogP contribution in [0.1, 0.15) is 31.1 Å². The van der Waals surface area contributed by atoms with Gasteiger partial charge in [0.2, 0.25) is 0 Å². The maximum absolute atomic E-state index is 12.2. The quantitative estimate of drug-likeness (QED) is 0.845. The van der Waals surface area contributed by atoms with Gasteiger partial charge < -0.3 is 20.1 Å². The summed E-state index contributed by atoms with van der Waals surface area (Å²) in [6, 6.07) is 4.25. The number of rotatable bonds is 6. The van der Waals surface area contributed by atoms with E-state index in [9.17, 15) is 9.59 Å². The first-order valence-corrected chi connectivity index (χ1v) is 6.86. The number of nitrogens with zero attached hydrogens (tertiary/aromatic N) is 1. The summed E-state index contributed by atoms with van der Waals surface area (Å²) in [5.41, 5.74) is 0.564. The minimum Gasteiger partial charge on any atom is -0.496 e. The molecule has 0 atom stereocenters. The summed E-state index contributed by atoms with van der Waals surface area (Å²) in [4.78, 5) is 24.9. The fourth-order valence-corrected chi connectivity index (χ4v) is 1.94. The molecule has 0 fully saturated rings. The Morgan fingerprint density at radius 2 is 2.05 bits per heavy atom. The highest BCUT2D eigenvalue weighted by atomic mass is 16.5. The molecule has 116 valence electrons. The van der Waals surface area contributed by atoms with Crippen molar-refractivity contribution >= 4 is 17.7 Å². The van der Waals surface area contributed by atoms with E-state index in [-0.39, 0.29) is 17.3 Å². The Bertz CT molecular complexity index is 514. The van der Waals surface area contributed by atoms with Gasteiger partial charge in [-0.1, -0.05) is 13.8 Å². The Morgan fingerprint density at radius 3 is 2.52 bits per heavy atom. The van der Waals surface area contributed by atoms with E-state index in [4.69, 9.17) is 9.84 Å². The van der Waals surface area contributed by atoms with Crippen LogP contribution < -0.4 is 10.1 Å². The molecule has 0 saturated heterocycles. The largest absolute Gasteiger partial charge is 0.496 e. The van der Waals surface area contributed by atoms with E-state index in [2.05, 4.69) is 5.32 Å². The summed E-state index contributed by atoms with van der Waals surface area (Å²) in [5, 5.41) is 11.8. The van der Waals surface area contributed by atoms with Crippen LogP contribution in [0.15, 0.2) is 18.2 Å². The van der Waals surface area contributed by atoms with Crippen molar-refractivity contribution in [3.63, 3.8) is 0 Å². The zero-order valence-corrected chi connectivity index (χ0v) is 12.8. The maximum Gasteiger partial charge on any atom is 0.339 e. The molecule has 6 nitrogen and oxygen atoms in total. The van der Waals surface area contributed by atoms with Crippen LogP contribution in [-0.2, 0) is 0 Å². The molecule has 0 aliphatic rings. The first-order chi connectivity index (χ1) is 9.88. The Labute approximate surface area is 124 Å². The van der Waals surface area contributed by atoms with Gasteiger partial charge in [0, 0.05) is 24.8 Å². The van der Waals surface area contributed by atoms with Crippen LogP contribution in [0.5, 0.6) is 5.75 Å². The average Bonchev–Trinajstić information content (AvgIpc) is 2.43. The van der Waals surface area contributed by atoms with E-state index in [0.717, 1.165) is 0 Å². The van der Waals surface area contributed by atoms with Gasteiger partial charge in [-0.2, -0.15) is 0 Å². The third kappa shape index (κ3) is 4.66. The first-order valence-electron chi connectivity index (χ1n) is 6.86. The average molecular weight is 294 g/mol. The number of anilines is 1. The van der Waals surface area contributed by atoms with Gasteiger partial charge in [-0.3, -0.25) is 0 Å². The van der Waals surface area contributed by atoms with Gasteiger partial charge in [0.05, 0.1) is 7.11 Å². The molecule has 0 aliphatic carbocycles. The summed E-state index contributed by atoms with van der Waals surface area (Å²) < 4.78 is 5.03. The molecule has 1 rings (SSSR count). The number of benzene rings is 1. The van der Waals surface area contributed by atoms with Crippen molar-refractivity contribution in [3.8, 4) is 5.75 Å². The standard InChI is InChI=1S/C15H22N2O4/c1-5-17(9-10(2)3)15(20)16-11-6-7-12(14(18)19)13(8-11)21-4/h6-8,10H,5,9H2,1-4H3,(H,16,20)(H,18,19). The minimum atomic E-state index is -1.07. The lowest BCUT2D eigenvalue weighted by Gasteiger charge is -2.23. The molecular formula is C15H22N2O4. The van der Waals surface area contributed by atoms with Crippen LogP contribution in [-0.4, -0.2) is 42.2 Å². The van der Waals surface area contributed by atoms with E-state index in [1.165, 1.54) is 19.2 Å². The zero-order chi connectivity index (χ0) is 16.0. The van der Waals surface area contributed by atoms with Crippen LogP contribution in [0.25, 0.3) is 0 Å². The van der Waals surface area contributed by atoms with E-state index in [1.54, 1.807) is 11.0 Å². The number of carboxylic acid groups (broad SMARTS) is 1. The van der Waals surface area contributed by atoms with Crippen molar-refractivity contribution in [1.82, 2.24) is 4.90 Å². The number of carboxylic acids is 1. The second-order valence-electron chi connectivity index (χ2n) is 5.08. The topological polar surface area (TPSA) is 78.9 Å². The van der Waals surface area contributed by atoms with Gasteiger partial charge in [0.1, 0.15) is 11.3 Å². The van der Waals surface area contributed by atoms with Crippen molar-refractivity contribution in [2.45, 2.75) is 20.8 Å². The van der Waals surface area contributed by atoms with E-state index < -0.39 is 5.97 Å². The van der Waals surface area contributed by atoms with Gasteiger partial charge in [-0.05, 0) is 25.0 Å². The van der Waals surface area contributed by atoms with Crippen molar-refractivity contribution in [2.24, 2.45) is 5.92 Å². The Hall–Kier alpha value is -2.24. The van der Waals surface area contributed by atoms with Gasteiger partial charge in [0.15, 0.2) is 0 Å². The molecule has 0 unspecified atom stereocenters.